The number of hydrogen-bond acceptors (Lipinski definition) is 3. The summed E-state index contributed by atoms with van der Waals surface area (Å²) in [7, 11) is 1.59. The molecule has 1 aromatic carbocycles. The fourth-order valence-corrected chi connectivity index (χ4v) is 3.59. The lowest BCUT2D eigenvalue weighted by Crippen LogP contribution is -2.35. The molecule has 0 spiro atoms. The van der Waals surface area contributed by atoms with E-state index >= 15 is 0 Å². The molecule has 0 atom stereocenters. The molecular weight excluding hydrogens is 337 g/mol. The number of halogens is 2. The molecule has 6 nitrogen and oxygen atoms in total. The van der Waals surface area contributed by atoms with Crippen molar-refractivity contribution in [1.82, 2.24) is 9.36 Å². The van der Waals surface area contributed by atoms with E-state index in [2.05, 4.69) is 0 Å². The molecule has 0 saturated heterocycles. The molecule has 2 aliphatic heterocycles. The Morgan fingerprint density at radius 3 is 2.58 bits per heavy atom. The van der Waals surface area contributed by atoms with Gasteiger partial charge in [-0.1, -0.05) is 11.6 Å². The van der Waals surface area contributed by atoms with Crippen LogP contribution in [0.25, 0.3) is 11.1 Å². The highest BCUT2D eigenvalue weighted by Crippen LogP contribution is 2.38. The van der Waals surface area contributed by atoms with Gasteiger partial charge in [-0.25, -0.2) is 9.07 Å². The van der Waals surface area contributed by atoms with Gasteiger partial charge in [0.05, 0.1) is 11.3 Å². The average molecular weight is 352 g/mol. The number of ether oxygens (including phenoxy) is 1. The highest BCUT2D eigenvalue weighted by atomic mass is 35.5. The summed E-state index contributed by atoms with van der Waals surface area (Å²) in [5.74, 6) is -0.559. The van der Waals surface area contributed by atoms with Crippen molar-refractivity contribution in [2.24, 2.45) is 0 Å². The smallest absolute Gasteiger partial charge is 0.276 e. The number of fused-ring (bicyclic) bond motifs is 2. The Morgan fingerprint density at radius 2 is 1.88 bits per heavy atom. The monoisotopic (exact) mass is 351 g/mol. The predicted molar refractivity (Wildman–Crippen MR) is 87.2 cm³/mol. The molecule has 3 heterocycles. The third-order valence-corrected chi connectivity index (χ3v) is 4.95. The maximum atomic E-state index is 14.6. The maximum absolute atomic E-state index is 14.6. The zero-order chi connectivity index (χ0) is 17.0. The second-order valence-electron chi connectivity index (χ2n) is 5.97. The molecule has 0 saturated carbocycles. The third-order valence-electron chi connectivity index (χ3n) is 4.57. The summed E-state index contributed by atoms with van der Waals surface area (Å²) in [5, 5.41) is 0.226. The van der Waals surface area contributed by atoms with Crippen LogP contribution < -0.4 is 15.2 Å². The first-order valence-corrected chi connectivity index (χ1v) is 8.09. The molecule has 24 heavy (non-hydrogen) atoms. The van der Waals surface area contributed by atoms with E-state index in [-0.39, 0.29) is 40.1 Å². The number of aromatic nitrogens is 2. The van der Waals surface area contributed by atoms with E-state index in [9.17, 15) is 14.0 Å². The van der Waals surface area contributed by atoms with E-state index < -0.39 is 5.82 Å². The van der Waals surface area contributed by atoms with Crippen LogP contribution in [0.3, 0.4) is 0 Å². The van der Waals surface area contributed by atoms with Crippen LogP contribution in [-0.4, -0.2) is 28.9 Å². The van der Waals surface area contributed by atoms with Crippen LogP contribution in [-0.2, 0) is 17.9 Å². The average Bonchev–Trinajstić information content (AvgIpc) is 2.83. The maximum Gasteiger partial charge on any atom is 0.276 e. The van der Waals surface area contributed by atoms with Crippen molar-refractivity contribution >= 4 is 23.2 Å². The van der Waals surface area contributed by atoms with Crippen molar-refractivity contribution < 1.29 is 13.9 Å². The summed E-state index contributed by atoms with van der Waals surface area (Å²) in [6.07, 6.45) is 1.81. The van der Waals surface area contributed by atoms with Crippen LogP contribution in [0.4, 0.5) is 10.1 Å². The van der Waals surface area contributed by atoms with Crippen molar-refractivity contribution in [3.63, 3.8) is 0 Å². The summed E-state index contributed by atoms with van der Waals surface area (Å²) < 4.78 is 23.1. The largest absolute Gasteiger partial charge is 0.481 e. The van der Waals surface area contributed by atoms with Gasteiger partial charge in [0, 0.05) is 31.8 Å². The molecule has 8 heteroatoms. The normalized spacial score (nSPS) is 16.6. The number of hydrogen-bond donors (Lipinski definition) is 0. The molecule has 2 aromatic rings. The number of anilines is 1. The van der Waals surface area contributed by atoms with E-state index in [0.29, 0.717) is 18.8 Å². The Bertz CT molecular complexity index is 918. The van der Waals surface area contributed by atoms with E-state index in [0.717, 1.165) is 12.8 Å². The Hall–Kier alpha value is -2.28. The van der Waals surface area contributed by atoms with Crippen molar-refractivity contribution in [2.75, 3.05) is 18.6 Å². The van der Waals surface area contributed by atoms with E-state index in [4.69, 9.17) is 16.3 Å². The highest BCUT2D eigenvalue weighted by Gasteiger charge is 2.28. The van der Waals surface area contributed by atoms with Gasteiger partial charge in [0.1, 0.15) is 16.7 Å². The van der Waals surface area contributed by atoms with Crippen LogP contribution in [0, 0.1) is 5.82 Å². The van der Waals surface area contributed by atoms with Crippen molar-refractivity contribution in [3.8, 4) is 16.9 Å². The van der Waals surface area contributed by atoms with Crippen molar-refractivity contribution in [3.05, 3.63) is 33.5 Å². The Morgan fingerprint density at radius 1 is 1.17 bits per heavy atom. The van der Waals surface area contributed by atoms with Gasteiger partial charge in [-0.2, -0.15) is 0 Å². The van der Waals surface area contributed by atoms with E-state index in [1.165, 1.54) is 17.0 Å². The van der Waals surface area contributed by atoms with Gasteiger partial charge >= 0.3 is 0 Å². The summed E-state index contributed by atoms with van der Waals surface area (Å²) in [4.78, 5) is 25.9. The molecule has 4 rings (SSSR count). The molecule has 0 aliphatic carbocycles. The fraction of sp³-hybridized carbons (Fsp3) is 0.375. The standard InChI is InChI=1S/C16H15ClFN3O3/c1-19-11-6-9(10(18)7-12(11)24-8-13(19)22)14-15(17)20-4-2-3-5-21(20)16(14)23/h6-7H,2-5,8H2,1H3. The quantitative estimate of drug-likeness (QED) is 0.792. The Labute approximate surface area is 142 Å². The molecular formula is C16H15ClFN3O3. The second-order valence-corrected chi connectivity index (χ2v) is 6.32. The fourth-order valence-electron chi connectivity index (χ4n) is 3.24. The Balaban J connectivity index is 1.94. The summed E-state index contributed by atoms with van der Waals surface area (Å²) >= 11 is 6.37. The first kappa shape index (κ1) is 15.3. The number of rotatable bonds is 1. The van der Waals surface area contributed by atoms with E-state index in [1.807, 2.05) is 0 Å². The second kappa shape index (κ2) is 5.37. The molecule has 1 aromatic heterocycles. The number of benzene rings is 1. The van der Waals surface area contributed by atoms with E-state index in [1.54, 1.807) is 16.4 Å². The van der Waals surface area contributed by atoms with Gasteiger partial charge in [-0.15, -0.1) is 0 Å². The minimum absolute atomic E-state index is 0.0864. The molecule has 0 N–H and O–H groups in total. The zero-order valence-electron chi connectivity index (χ0n) is 13.0. The molecule has 0 radical (unpaired) electrons. The van der Waals surface area contributed by atoms with Crippen LogP contribution in [0.2, 0.25) is 5.15 Å². The zero-order valence-corrected chi connectivity index (χ0v) is 13.8. The van der Waals surface area contributed by atoms with Crippen molar-refractivity contribution in [1.29, 1.82) is 0 Å². The molecule has 0 bridgehead atoms. The molecule has 0 fully saturated rings. The lowest BCUT2D eigenvalue weighted by molar-refractivity contribution is -0.120. The molecule has 126 valence electrons. The first-order valence-electron chi connectivity index (χ1n) is 7.71. The predicted octanol–water partition coefficient (Wildman–Crippen LogP) is 2.26. The van der Waals surface area contributed by atoms with Gasteiger partial charge in [-0.3, -0.25) is 14.3 Å². The number of carbonyl (C=O) groups is 1. The lowest BCUT2D eigenvalue weighted by atomic mass is 10.1. The lowest BCUT2D eigenvalue weighted by Gasteiger charge is -2.26. The van der Waals surface area contributed by atoms with Crippen LogP contribution in [0.1, 0.15) is 12.8 Å². The SMILES string of the molecule is CN1C(=O)COc2cc(F)c(-c3c(Cl)n4n(c3=O)CCCC4)cc21. The number of carbonyl (C=O) groups excluding carboxylic acids is 1. The Kier molecular flexibility index (Phi) is 3.42. The van der Waals surface area contributed by atoms with Gasteiger partial charge in [0.2, 0.25) is 0 Å². The number of nitrogens with zero attached hydrogens (tertiary/aromatic N) is 3. The number of likely N-dealkylation sites (N-methyl/N-ethyl adjacent to an activating group) is 1. The first-order chi connectivity index (χ1) is 11.5. The van der Waals surface area contributed by atoms with Gasteiger partial charge < -0.3 is 9.64 Å². The molecule has 0 unspecified atom stereocenters. The number of amides is 1. The highest BCUT2D eigenvalue weighted by molar-refractivity contribution is 6.32. The molecule has 1 amide bonds. The summed E-state index contributed by atoms with van der Waals surface area (Å²) in [5.41, 5.74) is 0.324. The minimum atomic E-state index is -0.598. The topological polar surface area (TPSA) is 56.5 Å². The molecule has 2 aliphatic rings. The summed E-state index contributed by atoms with van der Waals surface area (Å²) in [6, 6.07) is 2.65. The van der Waals surface area contributed by atoms with Crippen LogP contribution in [0.5, 0.6) is 5.75 Å². The summed E-state index contributed by atoms with van der Waals surface area (Å²) in [6.45, 7) is 1.06. The van der Waals surface area contributed by atoms with Gasteiger partial charge in [-0.05, 0) is 18.9 Å². The van der Waals surface area contributed by atoms with Gasteiger partial charge in [0.25, 0.3) is 11.5 Å². The third kappa shape index (κ3) is 2.07. The van der Waals surface area contributed by atoms with Crippen LogP contribution in [0.15, 0.2) is 16.9 Å². The van der Waals surface area contributed by atoms with Crippen molar-refractivity contribution in [2.45, 2.75) is 25.9 Å². The van der Waals surface area contributed by atoms with Crippen LogP contribution >= 0.6 is 11.6 Å². The minimum Gasteiger partial charge on any atom is -0.481 e. The van der Waals surface area contributed by atoms with Gasteiger partial charge in [0.15, 0.2) is 6.61 Å².